The summed E-state index contributed by atoms with van der Waals surface area (Å²) in [6, 6.07) is 5.97. The Kier molecular flexibility index (Phi) is 4.30. The average molecular weight is 357 g/mol. The number of carbonyl (C=O) groups excluding carboxylic acids is 1. The molecule has 0 heterocycles. The second kappa shape index (κ2) is 6.26. The number of nitrogens with one attached hydrogen (secondary N) is 1. The van der Waals surface area contributed by atoms with Crippen LogP contribution in [-0.4, -0.2) is 23.7 Å². The molecule has 2 N–H and O–H groups in total. The number of amides is 1. The third kappa shape index (κ3) is 3.24. The molecule has 0 saturated heterocycles. The first-order valence-electron chi connectivity index (χ1n) is 9.96. The van der Waals surface area contributed by atoms with Gasteiger partial charge in [0.1, 0.15) is 5.75 Å². The van der Waals surface area contributed by atoms with Crippen molar-refractivity contribution in [1.82, 2.24) is 5.32 Å². The van der Waals surface area contributed by atoms with E-state index in [1.54, 1.807) is 7.11 Å². The number of aliphatic hydroxyl groups is 1. The van der Waals surface area contributed by atoms with E-state index in [2.05, 4.69) is 11.4 Å². The summed E-state index contributed by atoms with van der Waals surface area (Å²) >= 11 is 0. The zero-order valence-corrected chi connectivity index (χ0v) is 16.2. The molecule has 2 unspecified atom stereocenters. The molecule has 4 nitrogen and oxygen atoms in total. The van der Waals surface area contributed by atoms with E-state index in [0.717, 1.165) is 49.0 Å². The lowest BCUT2D eigenvalue weighted by atomic mass is 9.47. The van der Waals surface area contributed by atoms with Crippen LogP contribution in [0, 0.1) is 24.2 Å². The van der Waals surface area contributed by atoms with Gasteiger partial charge in [-0.2, -0.15) is 0 Å². The lowest BCUT2D eigenvalue weighted by Gasteiger charge is -2.60. The second-order valence-corrected chi connectivity index (χ2v) is 9.40. The van der Waals surface area contributed by atoms with Crippen molar-refractivity contribution in [3.05, 3.63) is 29.3 Å². The van der Waals surface area contributed by atoms with Crippen LogP contribution in [0.4, 0.5) is 0 Å². The molecule has 5 atom stereocenters. The smallest absolute Gasteiger partial charge is 0.221 e. The summed E-state index contributed by atoms with van der Waals surface area (Å²) in [5.74, 6) is 2.14. The summed E-state index contributed by atoms with van der Waals surface area (Å²) in [7, 11) is 1.67. The number of carbonyl (C=O) groups is 1. The summed E-state index contributed by atoms with van der Waals surface area (Å²) in [5.41, 5.74) is 1.69. The molecule has 26 heavy (non-hydrogen) atoms. The van der Waals surface area contributed by atoms with Gasteiger partial charge in [0, 0.05) is 12.0 Å². The van der Waals surface area contributed by atoms with Gasteiger partial charge in [-0.25, -0.2) is 0 Å². The minimum atomic E-state index is -0.504. The molecule has 0 aliphatic heterocycles. The van der Waals surface area contributed by atoms with Crippen LogP contribution in [0.25, 0.3) is 0 Å². The van der Waals surface area contributed by atoms with Gasteiger partial charge in [-0.3, -0.25) is 4.79 Å². The molecule has 0 spiro atoms. The van der Waals surface area contributed by atoms with Gasteiger partial charge in [-0.15, -0.1) is 0 Å². The molecule has 4 bridgehead atoms. The van der Waals surface area contributed by atoms with E-state index >= 15 is 0 Å². The Morgan fingerprint density at radius 2 is 2.00 bits per heavy atom. The summed E-state index contributed by atoms with van der Waals surface area (Å²) in [4.78, 5) is 12.9. The molecule has 4 heteroatoms. The first-order chi connectivity index (χ1) is 12.3. The van der Waals surface area contributed by atoms with Crippen LogP contribution in [0.1, 0.15) is 69.0 Å². The van der Waals surface area contributed by atoms with Gasteiger partial charge >= 0.3 is 0 Å². The highest BCUT2D eigenvalue weighted by atomic mass is 16.5. The lowest BCUT2D eigenvalue weighted by molar-refractivity contribution is -0.169. The number of rotatable bonds is 5. The van der Waals surface area contributed by atoms with Crippen LogP contribution >= 0.6 is 0 Å². The molecule has 1 aromatic carbocycles. The van der Waals surface area contributed by atoms with Crippen LogP contribution in [0.15, 0.2) is 18.2 Å². The van der Waals surface area contributed by atoms with Gasteiger partial charge in [0.15, 0.2) is 0 Å². The number of hydrogen-bond donors (Lipinski definition) is 2. The maximum absolute atomic E-state index is 12.9. The highest BCUT2D eigenvalue weighted by Gasteiger charge is 2.57. The maximum Gasteiger partial charge on any atom is 0.221 e. The molecule has 142 valence electrons. The number of aryl methyl sites for hydroxylation is 1. The van der Waals surface area contributed by atoms with E-state index in [1.165, 1.54) is 6.42 Å². The highest BCUT2D eigenvalue weighted by Crippen LogP contribution is 2.62. The van der Waals surface area contributed by atoms with Crippen molar-refractivity contribution in [1.29, 1.82) is 0 Å². The monoisotopic (exact) mass is 357 g/mol. The van der Waals surface area contributed by atoms with Gasteiger partial charge in [0.05, 0.1) is 18.8 Å². The SMILES string of the molecule is COc1ccc(C)cc1[C@@H](C)NC(=O)CC12C[C@@H]3C[C@@H](CC(O)(C3)C1)C2. The lowest BCUT2D eigenvalue weighted by Crippen LogP contribution is -2.56. The Bertz CT molecular complexity index is 699. The molecule has 1 aromatic rings. The van der Waals surface area contributed by atoms with Crippen molar-refractivity contribution in [3.8, 4) is 5.75 Å². The van der Waals surface area contributed by atoms with Crippen LogP contribution < -0.4 is 10.1 Å². The fourth-order valence-corrected chi connectivity index (χ4v) is 6.51. The van der Waals surface area contributed by atoms with E-state index in [-0.39, 0.29) is 17.4 Å². The normalized spacial score (nSPS) is 36.0. The average Bonchev–Trinajstić information content (AvgIpc) is 2.51. The molecule has 1 amide bonds. The molecule has 4 saturated carbocycles. The Morgan fingerprint density at radius 1 is 1.31 bits per heavy atom. The summed E-state index contributed by atoms with van der Waals surface area (Å²) in [5, 5.41) is 14.1. The van der Waals surface area contributed by atoms with E-state index in [4.69, 9.17) is 4.74 Å². The molecule has 5 rings (SSSR count). The standard InChI is InChI=1S/C22H31NO3/c1-14-4-5-19(26-3)18(6-14)15(2)23-20(24)12-21-8-16-7-17(9-21)11-22(25,10-16)13-21/h4-6,15-17,25H,7-13H2,1-3H3,(H,23,24)/t15-,16-,17+,21?,22?/m1/s1. The predicted octanol–water partition coefficient (Wildman–Crippen LogP) is 3.90. The van der Waals surface area contributed by atoms with Gasteiger partial charge in [0.25, 0.3) is 0 Å². The zero-order valence-electron chi connectivity index (χ0n) is 16.2. The van der Waals surface area contributed by atoms with Crippen LogP contribution in [0.3, 0.4) is 0 Å². The van der Waals surface area contributed by atoms with Crippen molar-refractivity contribution in [2.45, 2.75) is 70.4 Å². The maximum atomic E-state index is 12.9. The summed E-state index contributed by atoms with van der Waals surface area (Å²) < 4.78 is 5.47. The minimum absolute atomic E-state index is 0.0132. The van der Waals surface area contributed by atoms with Crippen molar-refractivity contribution >= 4 is 5.91 Å². The Hall–Kier alpha value is -1.55. The van der Waals surface area contributed by atoms with Gasteiger partial charge < -0.3 is 15.2 Å². The van der Waals surface area contributed by atoms with E-state index in [9.17, 15) is 9.90 Å². The largest absolute Gasteiger partial charge is 0.496 e. The predicted molar refractivity (Wildman–Crippen MR) is 101 cm³/mol. The number of benzene rings is 1. The molecule has 4 aliphatic rings. The van der Waals surface area contributed by atoms with E-state index in [0.29, 0.717) is 18.3 Å². The van der Waals surface area contributed by atoms with Gasteiger partial charge in [-0.1, -0.05) is 17.7 Å². The zero-order chi connectivity index (χ0) is 18.5. The Labute approximate surface area is 156 Å². The topological polar surface area (TPSA) is 58.6 Å². The van der Waals surface area contributed by atoms with Gasteiger partial charge in [0.2, 0.25) is 5.91 Å². The van der Waals surface area contributed by atoms with Crippen molar-refractivity contribution in [3.63, 3.8) is 0 Å². The first-order valence-corrected chi connectivity index (χ1v) is 9.96. The van der Waals surface area contributed by atoms with Crippen molar-refractivity contribution < 1.29 is 14.6 Å². The van der Waals surface area contributed by atoms with Crippen molar-refractivity contribution in [2.75, 3.05) is 7.11 Å². The van der Waals surface area contributed by atoms with Crippen LogP contribution in [0.2, 0.25) is 0 Å². The summed E-state index contributed by atoms with van der Waals surface area (Å²) in [6.07, 6.45) is 6.72. The van der Waals surface area contributed by atoms with Crippen LogP contribution in [0.5, 0.6) is 5.75 Å². The second-order valence-electron chi connectivity index (χ2n) is 9.40. The Morgan fingerprint density at radius 3 is 2.62 bits per heavy atom. The molecule has 0 aromatic heterocycles. The highest BCUT2D eigenvalue weighted by molar-refractivity contribution is 5.77. The Balaban J connectivity index is 1.45. The number of hydrogen-bond acceptors (Lipinski definition) is 3. The quantitative estimate of drug-likeness (QED) is 0.840. The number of methoxy groups -OCH3 is 1. The molecular formula is C22H31NO3. The minimum Gasteiger partial charge on any atom is -0.496 e. The van der Waals surface area contributed by atoms with Crippen molar-refractivity contribution in [2.24, 2.45) is 17.3 Å². The molecular weight excluding hydrogens is 326 g/mol. The molecule has 4 fully saturated rings. The summed E-state index contributed by atoms with van der Waals surface area (Å²) in [6.45, 7) is 4.07. The third-order valence-electron chi connectivity index (χ3n) is 6.92. The van der Waals surface area contributed by atoms with E-state index in [1.807, 2.05) is 26.0 Å². The molecule has 4 aliphatic carbocycles. The first kappa shape index (κ1) is 17.8. The third-order valence-corrected chi connectivity index (χ3v) is 6.92. The fourth-order valence-electron chi connectivity index (χ4n) is 6.51. The fraction of sp³-hybridized carbons (Fsp3) is 0.682. The van der Waals surface area contributed by atoms with Crippen LogP contribution in [-0.2, 0) is 4.79 Å². The number of ether oxygens (including phenoxy) is 1. The van der Waals surface area contributed by atoms with E-state index < -0.39 is 5.60 Å². The van der Waals surface area contributed by atoms with Gasteiger partial charge in [-0.05, 0) is 75.7 Å². The molecule has 0 radical (unpaired) electrons.